The molecule has 0 heterocycles. The molecule has 0 unspecified atom stereocenters. The van der Waals surface area contributed by atoms with Crippen LogP contribution in [0.4, 0.5) is 11.4 Å². The SMILES string of the molecule is Cc1cc(C)c(O)c(N=CCCCCCCC=Nc2cc(C)cc(C)c2O)c1. The van der Waals surface area contributed by atoms with Gasteiger partial charge in [-0.1, -0.05) is 25.0 Å². The van der Waals surface area contributed by atoms with Crippen molar-refractivity contribution in [2.24, 2.45) is 9.98 Å². The average molecular weight is 381 g/mol. The summed E-state index contributed by atoms with van der Waals surface area (Å²) in [5.41, 5.74) is 5.26. The lowest BCUT2D eigenvalue weighted by molar-refractivity contribution is 0.472. The second-order valence-corrected chi connectivity index (χ2v) is 7.51. The molecule has 4 heteroatoms. The van der Waals surface area contributed by atoms with Crippen LogP contribution in [0, 0.1) is 27.7 Å². The molecule has 0 aliphatic carbocycles. The van der Waals surface area contributed by atoms with Crippen molar-refractivity contribution in [1.82, 2.24) is 0 Å². The first-order chi connectivity index (χ1) is 13.4. The highest BCUT2D eigenvalue weighted by Crippen LogP contribution is 2.31. The average Bonchev–Trinajstić information content (AvgIpc) is 2.64. The van der Waals surface area contributed by atoms with Crippen LogP contribution in [0.5, 0.6) is 11.5 Å². The van der Waals surface area contributed by atoms with Crippen LogP contribution in [0.1, 0.15) is 60.8 Å². The molecule has 2 aromatic rings. The standard InChI is InChI=1S/C24H32N2O2/c1-17-13-19(3)23(27)21(15-17)25-11-9-7-5-6-8-10-12-26-22-16-18(2)14-20(4)24(22)28/h11-16,27-28H,5-10H2,1-4H3. The molecule has 0 atom stereocenters. The number of aromatic hydroxyl groups is 2. The minimum absolute atomic E-state index is 0.274. The molecule has 0 radical (unpaired) electrons. The van der Waals surface area contributed by atoms with Gasteiger partial charge in [0.2, 0.25) is 0 Å². The van der Waals surface area contributed by atoms with E-state index in [4.69, 9.17) is 0 Å². The van der Waals surface area contributed by atoms with Crippen molar-refractivity contribution < 1.29 is 10.2 Å². The van der Waals surface area contributed by atoms with Crippen molar-refractivity contribution in [3.63, 3.8) is 0 Å². The van der Waals surface area contributed by atoms with E-state index >= 15 is 0 Å². The van der Waals surface area contributed by atoms with Crippen molar-refractivity contribution in [2.75, 3.05) is 0 Å². The van der Waals surface area contributed by atoms with E-state index in [2.05, 4.69) is 9.98 Å². The number of nitrogens with zero attached hydrogens (tertiary/aromatic N) is 2. The highest BCUT2D eigenvalue weighted by molar-refractivity contribution is 5.68. The Morgan fingerprint density at radius 2 is 1.04 bits per heavy atom. The lowest BCUT2D eigenvalue weighted by atomic mass is 10.1. The van der Waals surface area contributed by atoms with Crippen molar-refractivity contribution >= 4 is 23.8 Å². The Hall–Kier alpha value is -2.62. The maximum absolute atomic E-state index is 10.0. The molecule has 2 rings (SSSR count). The van der Waals surface area contributed by atoms with Crippen LogP contribution in [0.3, 0.4) is 0 Å². The molecule has 4 nitrogen and oxygen atoms in total. The second-order valence-electron chi connectivity index (χ2n) is 7.51. The van der Waals surface area contributed by atoms with Gasteiger partial charge < -0.3 is 10.2 Å². The zero-order valence-corrected chi connectivity index (χ0v) is 17.5. The van der Waals surface area contributed by atoms with E-state index in [1.807, 2.05) is 64.4 Å². The van der Waals surface area contributed by atoms with Crippen molar-refractivity contribution in [3.8, 4) is 11.5 Å². The fourth-order valence-electron chi connectivity index (χ4n) is 3.22. The first-order valence-corrected chi connectivity index (χ1v) is 10.0. The van der Waals surface area contributed by atoms with Gasteiger partial charge in [0.15, 0.2) is 0 Å². The van der Waals surface area contributed by atoms with Gasteiger partial charge in [0.05, 0.1) is 0 Å². The topological polar surface area (TPSA) is 65.2 Å². The predicted octanol–water partition coefficient (Wildman–Crippen LogP) is 6.78. The van der Waals surface area contributed by atoms with Crippen molar-refractivity contribution in [1.29, 1.82) is 0 Å². The Morgan fingerprint density at radius 3 is 1.43 bits per heavy atom. The number of hydrogen-bond acceptors (Lipinski definition) is 4. The molecule has 0 spiro atoms. The summed E-state index contributed by atoms with van der Waals surface area (Å²) in [4.78, 5) is 8.82. The first kappa shape index (κ1) is 21.7. The molecular formula is C24H32N2O2. The van der Waals surface area contributed by atoms with Crippen LogP contribution in [-0.2, 0) is 0 Å². The van der Waals surface area contributed by atoms with Gasteiger partial charge in [-0.25, -0.2) is 0 Å². The number of unbranched alkanes of at least 4 members (excludes halogenated alkanes) is 5. The first-order valence-electron chi connectivity index (χ1n) is 10.0. The summed E-state index contributed by atoms with van der Waals surface area (Å²) in [6, 6.07) is 7.73. The second kappa shape index (κ2) is 10.6. The fraction of sp³-hybridized carbons (Fsp3) is 0.417. The molecule has 0 fully saturated rings. The third-order valence-electron chi connectivity index (χ3n) is 4.73. The van der Waals surface area contributed by atoms with E-state index in [1.54, 1.807) is 0 Å². The molecule has 150 valence electrons. The zero-order valence-electron chi connectivity index (χ0n) is 17.5. The summed E-state index contributed by atoms with van der Waals surface area (Å²) in [6.45, 7) is 7.81. The molecule has 0 bridgehead atoms. The molecule has 0 aliphatic heterocycles. The van der Waals surface area contributed by atoms with Gasteiger partial charge in [-0.2, -0.15) is 0 Å². The van der Waals surface area contributed by atoms with Gasteiger partial charge in [-0.05, 0) is 87.8 Å². The number of rotatable bonds is 9. The number of benzene rings is 2. The summed E-state index contributed by atoms with van der Waals surface area (Å²) in [5, 5.41) is 20.1. The number of hydrogen-bond donors (Lipinski definition) is 2. The third kappa shape index (κ3) is 6.52. The Morgan fingerprint density at radius 1 is 0.643 bits per heavy atom. The highest BCUT2D eigenvalue weighted by Gasteiger charge is 2.04. The highest BCUT2D eigenvalue weighted by atomic mass is 16.3. The van der Waals surface area contributed by atoms with Gasteiger partial charge in [0, 0.05) is 12.4 Å². The third-order valence-corrected chi connectivity index (χ3v) is 4.73. The van der Waals surface area contributed by atoms with Crippen LogP contribution < -0.4 is 0 Å². The number of aliphatic imine (C=N–C) groups is 2. The minimum Gasteiger partial charge on any atom is -0.505 e. The molecule has 28 heavy (non-hydrogen) atoms. The molecule has 0 amide bonds. The van der Waals surface area contributed by atoms with E-state index in [9.17, 15) is 10.2 Å². The van der Waals surface area contributed by atoms with E-state index in [1.165, 1.54) is 0 Å². The summed E-state index contributed by atoms with van der Waals surface area (Å²) in [7, 11) is 0. The summed E-state index contributed by atoms with van der Waals surface area (Å²) in [6.07, 6.45) is 10.1. The van der Waals surface area contributed by atoms with Crippen LogP contribution in [0.15, 0.2) is 34.3 Å². The van der Waals surface area contributed by atoms with Crippen molar-refractivity contribution in [3.05, 3.63) is 46.5 Å². The van der Waals surface area contributed by atoms with Gasteiger partial charge in [0.1, 0.15) is 22.9 Å². The van der Waals surface area contributed by atoms with Crippen LogP contribution in [0.2, 0.25) is 0 Å². The molecular weight excluding hydrogens is 348 g/mol. The smallest absolute Gasteiger partial charge is 0.144 e. The molecule has 2 aromatic carbocycles. The van der Waals surface area contributed by atoms with Gasteiger partial charge in [-0.3, -0.25) is 9.98 Å². The van der Waals surface area contributed by atoms with E-state index in [0.717, 1.165) is 60.8 Å². The van der Waals surface area contributed by atoms with Gasteiger partial charge in [0.25, 0.3) is 0 Å². The molecule has 0 saturated carbocycles. The van der Waals surface area contributed by atoms with Gasteiger partial charge >= 0.3 is 0 Å². The maximum atomic E-state index is 10.0. The monoisotopic (exact) mass is 380 g/mol. The van der Waals surface area contributed by atoms with Crippen LogP contribution >= 0.6 is 0 Å². The number of phenols is 2. The maximum Gasteiger partial charge on any atom is 0.144 e. The number of phenolic OH excluding ortho intramolecular Hbond substituents is 2. The predicted molar refractivity (Wildman–Crippen MR) is 119 cm³/mol. The normalized spacial score (nSPS) is 11.7. The Balaban J connectivity index is 1.65. The van der Waals surface area contributed by atoms with Crippen LogP contribution in [-0.4, -0.2) is 22.6 Å². The Labute approximate surface area is 168 Å². The molecule has 0 aliphatic rings. The fourth-order valence-corrected chi connectivity index (χ4v) is 3.22. The lowest BCUT2D eigenvalue weighted by Crippen LogP contribution is -1.84. The quantitative estimate of drug-likeness (QED) is 0.372. The summed E-state index contributed by atoms with van der Waals surface area (Å²) in [5.74, 6) is 0.548. The summed E-state index contributed by atoms with van der Waals surface area (Å²) >= 11 is 0. The Bertz CT molecular complexity index is 783. The Kier molecular flexibility index (Phi) is 8.24. The van der Waals surface area contributed by atoms with E-state index in [-0.39, 0.29) is 11.5 Å². The lowest BCUT2D eigenvalue weighted by Gasteiger charge is -2.04. The zero-order chi connectivity index (χ0) is 20.5. The van der Waals surface area contributed by atoms with E-state index < -0.39 is 0 Å². The largest absolute Gasteiger partial charge is 0.505 e. The van der Waals surface area contributed by atoms with E-state index in [0.29, 0.717) is 11.4 Å². The molecule has 0 saturated heterocycles. The minimum atomic E-state index is 0.274. The van der Waals surface area contributed by atoms with Crippen LogP contribution in [0.25, 0.3) is 0 Å². The number of aryl methyl sites for hydroxylation is 4. The summed E-state index contributed by atoms with van der Waals surface area (Å²) < 4.78 is 0. The molecule has 0 aromatic heterocycles. The van der Waals surface area contributed by atoms with Gasteiger partial charge in [-0.15, -0.1) is 0 Å². The van der Waals surface area contributed by atoms with Crippen molar-refractivity contribution in [2.45, 2.75) is 66.2 Å². The molecule has 2 N–H and O–H groups in total.